The van der Waals surface area contributed by atoms with Crippen molar-refractivity contribution in [3.63, 3.8) is 0 Å². The molecule has 0 aromatic heterocycles. The highest BCUT2D eigenvalue weighted by Gasteiger charge is 2.48. The van der Waals surface area contributed by atoms with Gasteiger partial charge in [-0.25, -0.2) is 9.18 Å². The Bertz CT molecular complexity index is 783. The van der Waals surface area contributed by atoms with Crippen LogP contribution < -0.4 is 0 Å². The number of halogens is 4. The predicted molar refractivity (Wildman–Crippen MR) is 100.0 cm³/mol. The molecule has 33 heavy (non-hydrogen) atoms. The largest absolute Gasteiger partial charge is 0.458 e. The van der Waals surface area contributed by atoms with Crippen LogP contribution in [0.15, 0.2) is 0 Å². The number of esters is 4. The summed E-state index contributed by atoms with van der Waals surface area (Å²) < 4.78 is 69.3. The third-order valence-electron chi connectivity index (χ3n) is 6.37. The second-order valence-electron chi connectivity index (χ2n) is 8.80. The van der Waals surface area contributed by atoms with E-state index in [0.717, 1.165) is 13.8 Å². The molecule has 0 amide bonds. The molecule has 8 atom stereocenters. The van der Waals surface area contributed by atoms with Gasteiger partial charge in [0.25, 0.3) is 0 Å². The van der Waals surface area contributed by atoms with Crippen molar-refractivity contribution in [3.05, 3.63) is 0 Å². The lowest BCUT2D eigenvalue weighted by molar-refractivity contribution is -0.201. The molecule has 0 spiro atoms. The van der Waals surface area contributed by atoms with Crippen LogP contribution >= 0.6 is 0 Å². The van der Waals surface area contributed by atoms with E-state index in [9.17, 15) is 36.7 Å². The average Bonchev–Trinajstić information content (AvgIpc) is 3.21. The van der Waals surface area contributed by atoms with Crippen LogP contribution in [-0.4, -0.2) is 60.6 Å². The van der Waals surface area contributed by atoms with Crippen LogP contribution in [0.5, 0.6) is 0 Å². The summed E-state index contributed by atoms with van der Waals surface area (Å²) in [6.07, 6.45) is -5.25. The van der Waals surface area contributed by atoms with Crippen LogP contribution in [0.2, 0.25) is 0 Å². The van der Waals surface area contributed by atoms with Gasteiger partial charge in [0.1, 0.15) is 30.3 Å². The Morgan fingerprint density at radius 3 is 1.67 bits per heavy atom. The van der Waals surface area contributed by atoms with Crippen LogP contribution in [-0.2, 0) is 38.1 Å². The van der Waals surface area contributed by atoms with Gasteiger partial charge in [-0.15, -0.1) is 0 Å². The van der Waals surface area contributed by atoms with Crippen molar-refractivity contribution >= 4 is 23.9 Å². The third kappa shape index (κ3) is 5.94. The molecule has 12 heteroatoms. The van der Waals surface area contributed by atoms with Gasteiger partial charge < -0.3 is 18.9 Å². The standard InChI is InChI=1S/C11H13F3O4.C10H13FO4/c1-5(11(12,13)14)9(15)17-7-3-2-6-4-8(7)18-10(6)16;1-5(11)9(12)14-7-3-2-6-4-8(7)15-10(6)13/h5-8H,2-4H2,1H3;5-8H,2-4H2,1H3. The molecule has 2 saturated carbocycles. The lowest BCUT2D eigenvalue weighted by Crippen LogP contribution is -2.38. The lowest BCUT2D eigenvalue weighted by Gasteiger charge is -2.27. The molecule has 2 saturated heterocycles. The van der Waals surface area contributed by atoms with Gasteiger partial charge in [0.05, 0.1) is 11.8 Å². The maximum absolute atomic E-state index is 12.6. The summed E-state index contributed by atoms with van der Waals surface area (Å²) in [6.45, 7) is 1.89. The quantitative estimate of drug-likeness (QED) is 0.342. The second kappa shape index (κ2) is 9.84. The maximum Gasteiger partial charge on any atom is 0.401 e. The highest BCUT2D eigenvalue weighted by Crippen LogP contribution is 2.37. The van der Waals surface area contributed by atoms with Gasteiger partial charge in [0, 0.05) is 12.8 Å². The van der Waals surface area contributed by atoms with Crippen molar-refractivity contribution in [1.29, 1.82) is 0 Å². The number of fused-ring (bicyclic) bond motifs is 4. The Labute approximate surface area is 187 Å². The molecule has 2 aliphatic heterocycles. The minimum absolute atomic E-state index is 0.0484. The van der Waals surface area contributed by atoms with Crippen LogP contribution in [0.1, 0.15) is 52.4 Å². The zero-order valence-corrected chi connectivity index (χ0v) is 18.1. The third-order valence-corrected chi connectivity index (χ3v) is 6.37. The monoisotopic (exact) mass is 482 g/mol. The molecule has 4 bridgehead atoms. The van der Waals surface area contributed by atoms with Crippen LogP contribution in [0.3, 0.4) is 0 Å². The van der Waals surface area contributed by atoms with Crippen molar-refractivity contribution in [2.75, 3.05) is 0 Å². The molecule has 0 aromatic rings. The maximum atomic E-state index is 12.6. The molecular weight excluding hydrogens is 456 g/mol. The Morgan fingerprint density at radius 1 is 0.848 bits per heavy atom. The molecule has 2 heterocycles. The van der Waals surface area contributed by atoms with E-state index in [1.165, 1.54) is 0 Å². The molecule has 2 aliphatic carbocycles. The highest BCUT2D eigenvalue weighted by atomic mass is 19.4. The minimum Gasteiger partial charge on any atom is -0.458 e. The molecule has 8 unspecified atom stereocenters. The second-order valence-corrected chi connectivity index (χ2v) is 8.80. The van der Waals surface area contributed by atoms with E-state index in [1.807, 2.05) is 0 Å². The summed E-state index contributed by atoms with van der Waals surface area (Å²) in [7, 11) is 0. The summed E-state index contributed by atoms with van der Waals surface area (Å²) in [5.41, 5.74) is 0. The van der Waals surface area contributed by atoms with E-state index < -0.39 is 48.5 Å². The number of carbonyl (C=O) groups is 4. The van der Waals surface area contributed by atoms with Crippen LogP contribution in [0.25, 0.3) is 0 Å². The van der Waals surface area contributed by atoms with E-state index in [2.05, 4.69) is 0 Å². The fourth-order valence-electron chi connectivity index (χ4n) is 4.27. The van der Waals surface area contributed by atoms with Crippen molar-refractivity contribution in [2.24, 2.45) is 17.8 Å². The number of alkyl halides is 4. The minimum atomic E-state index is -4.61. The van der Waals surface area contributed by atoms with E-state index in [4.69, 9.17) is 18.9 Å². The van der Waals surface area contributed by atoms with Gasteiger partial charge in [-0.05, 0) is 39.5 Å². The first-order valence-corrected chi connectivity index (χ1v) is 10.9. The molecule has 4 aliphatic rings. The zero-order chi connectivity index (χ0) is 24.5. The molecular formula is C21H26F4O8. The fraction of sp³-hybridized carbons (Fsp3) is 0.810. The number of hydrogen-bond acceptors (Lipinski definition) is 8. The van der Waals surface area contributed by atoms with Gasteiger partial charge in [0.2, 0.25) is 0 Å². The molecule has 186 valence electrons. The summed E-state index contributed by atoms with van der Waals surface area (Å²) >= 11 is 0. The Balaban J connectivity index is 0.000000189. The van der Waals surface area contributed by atoms with Crippen molar-refractivity contribution < 1.29 is 55.7 Å². The van der Waals surface area contributed by atoms with Gasteiger partial charge in [-0.3, -0.25) is 14.4 Å². The van der Waals surface area contributed by atoms with Gasteiger partial charge in [0.15, 0.2) is 6.17 Å². The summed E-state index contributed by atoms with van der Waals surface area (Å²) in [6, 6.07) is 0. The number of carbonyl (C=O) groups excluding carboxylic acids is 4. The van der Waals surface area contributed by atoms with Crippen LogP contribution in [0, 0.1) is 17.8 Å². The van der Waals surface area contributed by atoms with Gasteiger partial charge in [-0.1, -0.05) is 0 Å². The summed E-state index contributed by atoms with van der Waals surface area (Å²) in [4.78, 5) is 44.8. The van der Waals surface area contributed by atoms with E-state index in [1.54, 1.807) is 0 Å². The predicted octanol–water partition coefficient (Wildman–Crippen LogP) is 2.80. The van der Waals surface area contributed by atoms with E-state index in [-0.39, 0.29) is 29.9 Å². The normalized spacial score (nSPS) is 34.2. The van der Waals surface area contributed by atoms with E-state index >= 15 is 0 Å². The molecule has 0 radical (unpaired) electrons. The SMILES string of the molecule is CC(C(=O)OC1CCC2CC1OC2=O)C(F)(F)F.CC(F)C(=O)OC1CCC2CC1OC2=O. The molecule has 0 N–H and O–H groups in total. The van der Waals surface area contributed by atoms with Crippen LogP contribution in [0.4, 0.5) is 17.6 Å². The van der Waals surface area contributed by atoms with Crippen molar-refractivity contribution in [1.82, 2.24) is 0 Å². The van der Waals surface area contributed by atoms with E-state index in [0.29, 0.717) is 38.5 Å². The lowest BCUT2D eigenvalue weighted by atomic mass is 9.88. The Kier molecular flexibility index (Phi) is 7.52. The average molecular weight is 482 g/mol. The van der Waals surface area contributed by atoms with Crippen molar-refractivity contribution in [2.45, 2.75) is 89.1 Å². The molecule has 4 rings (SSSR count). The smallest absolute Gasteiger partial charge is 0.401 e. The Hall–Kier alpha value is -2.40. The highest BCUT2D eigenvalue weighted by molar-refractivity contribution is 5.77. The number of hydrogen-bond donors (Lipinski definition) is 0. The molecule has 8 nitrogen and oxygen atoms in total. The number of rotatable bonds is 4. The van der Waals surface area contributed by atoms with Gasteiger partial charge >= 0.3 is 30.1 Å². The topological polar surface area (TPSA) is 105 Å². The molecule has 0 aromatic carbocycles. The fourth-order valence-corrected chi connectivity index (χ4v) is 4.27. The summed E-state index contributed by atoms with van der Waals surface area (Å²) in [5.74, 6) is -5.14. The summed E-state index contributed by atoms with van der Waals surface area (Å²) in [5, 5.41) is 0. The van der Waals surface area contributed by atoms with Crippen molar-refractivity contribution in [3.8, 4) is 0 Å². The first kappa shape index (κ1) is 25.2. The first-order chi connectivity index (χ1) is 15.4. The van der Waals surface area contributed by atoms with Gasteiger partial charge in [-0.2, -0.15) is 13.2 Å². The zero-order valence-electron chi connectivity index (χ0n) is 18.1. The molecule has 4 fully saturated rings. The first-order valence-electron chi connectivity index (χ1n) is 10.9. The number of ether oxygens (including phenoxy) is 4. The Morgan fingerprint density at radius 2 is 1.27 bits per heavy atom.